The van der Waals surface area contributed by atoms with Crippen LogP contribution >= 0.6 is 15.9 Å². The van der Waals surface area contributed by atoms with Crippen molar-refractivity contribution in [2.75, 3.05) is 7.11 Å². The zero-order valence-electron chi connectivity index (χ0n) is 11.7. The maximum atomic E-state index is 12.2. The van der Waals surface area contributed by atoms with Gasteiger partial charge in [-0.05, 0) is 23.8 Å². The van der Waals surface area contributed by atoms with E-state index in [1.165, 1.54) is 25.3 Å². The van der Waals surface area contributed by atoms with Crippen LogP contribution in [0.4, 0.5) is 5.69 Å². The topological polar surface area (TPSA) is 81.5 Å². The Morgan fingerprint density at radius 2 is 2.09 bits per heavy atom. The number of amides is 1. The van der Waals surface area contributed by atoms with Gasteiger partial charge in [-0.1, -0.05) is 28.1 Å². The van der Waals surface area contributed by atoms with Gasteiger partial charge in [-0.2, -0.15) is 0 Å². The van der Waals surface area contributed by atoms with Crippen molar-refractivity contribution < 1.29 is 14.5 Å². The number of rotatable bonds is 5. The van der Waals surface area contributed by atoms with E-state index in [2.05, 4.69) is 21.2 Å². The Balaban J connectivity index is 2.18. The average molecular weight is 365 g/mol. The van der Waals surface area contributed by atoms with Crippen LogP contribution in [0.5, 0.6) is 5.75 Å². The van der Waals surface area contributed by atoms with Gasteiger partial charge in [0.25, 0.3) is 11.6 Å². The quantitative estimate of drug-likeness (QED) is 0.651. The van der Waals surface area contributed by atoms with Crippen LogP contribution in [0.15, 0.2) is 46.9 Å². The van der Waals surface area contributed by atoms with Crippen LogP contribution in [0.3, 0.4) is 0 Å². The number of hydrogen-bond donors (Lipinski definition) is 1. The summed E-state index contributed by atoms with van der Waals surface area (Å²) >= 11 is 3.35. The number of nitrogens with one attached hydrogen (secondary N) is 1. The molecule has 6 nitrogen and oxygen atoms in total. The summed E-state index contributed by atoms with van der Waals surface area (Å²) in [6, 6.07) is 11.4. The summed E-state index contributed by atoms with van der Waals surface area (Å²) in [5, 5.41) is 13.5. The fourth-order valence-electron chi connectivity index (χ4n) is 1.91. The molecule has 0 aliphatic rings. The number of carbonyl (C=O) groups is 1. The monoisotopic (exact) mass is 364 g/mol. The first-order valence-electron chi connectivity index (χ1n) is 6.36. The first-order chi connectivity index (χ1) is 10.5. The normalized spacial score (nSPS) is 10.1. The van der Waals surface area contributed by atoms with Crippen LogP contribution in [-0.2, 0) is 6.54 Å². The summed E-state index contributed by atoms with van der Waals surface area (Å²) < 4.78 is 5.99. The van der Waals surface area contributed by atoms with Gasteiger partial charge < -0.3 is 10.1 Å². The predicted octanol–water partition coefficient (Wildman–Crippen LogP) is 3.30. The van der Waals surface area contributed by atoms with Crippen LogP contribution in [0, 0.1) is 10.1 Å². The second-order valence-electron chi connectivity index (χ2n) is 4.45. The molecule has 0 atom stereocenters. The molecule has 22 heavy (non-hydrogen) atoms. The number of benzene rings is 2. The number of carbonyl (C=O) groups excluding carboxylic acids is 1. The third-order valence-electron chi connectivity index (χ3n) is 2.98. The van der Waals surface area contributed by atoms with E-state index in [1.54, 1.807) is 0 Å². The zero-order valence-corrected chi connectivity index (χ0v) is 13.3. The van der Waals surface area contributed by atoms with Crippen molar-refractivity contribution in [1.29, 1.82) is 0 Å². The predicted molar refractivity (Wildman–Crippen MR) is 85.0 cm³/mol. The number of non-ortho nitro benzene ring substituents is 1. The van der Waals surface area contributed by atoms with Gasteiger partial charge >= 0.3 is 0 Å². The summed E-state index contributed by atoms with van der Waals surface area (Å²) in [6.45, 7) is 0.310. The molecule has 7 heteroatoms. The third kappa shape index (κ3) is 3.82. The standard InChI is InChI=1S/C15H13BrN2O4/c1-22-14-6-5-12(18(20)21)8-13(14)15(19)17-9-10-3-2-4-11(16)7-10/h2-8H,9H2,1H3,(H,17,19). The highest BCUT2D eigenvalue weighted by Crippen LogP contribution is 2.24. The Kier molecular flexibility index (Phi) is 5.11. The number of hydrogen-bond acceptors (Lipinski definition) is 4. The fraction of sp³-hybridized carbons (Fsp3) is 0.133. The lowest BCUT2D eigenvalue weighted by Gasteiger charge is -2.09. The summed E-state index contributed by atoms with van der Waals surface area (Å²) in [7, 11) is 1.41. The van der Waals surface area contributed by atoms with E-state index < -0.39 is 10.8 Å². The molecule has 0 radical (unpaired) electrons. The minimum absolute atomic E-state index is 0.131. The molecule has 0 unspecified atom stereocenters. The smallest absolute Gasteiger partial charge is 0.270 e. The van der Waals surface area contributed by atoms with Crippen molar-refractivity contribution in [2.45, 2.75) is 6.54 Å². The lowest BCUT2D eigenvalue weighted by atomic mass is 10.1. The molecule has 0 aliphatic heterocycles. The molecule has 0 saturated carbocycles. The first kappa shape index (κ1) is 16.0. The van der Waals surface area contributed by atoms with Crippen LogP contribution < -0.4 is 10.1 Å². The fourth-order valence-corrected chi connectivity index (χ4v) is 2.36. The number of nitro benzene ring substituents is 1. The van der Waals surface area contributed by atoms with E-state index in [9.17, 15) is 14.9 Å². The number of halogens is 1. The highest BCUT2D eigenvalue weighted by Gasteiger charge is 2.17. The maximum absolute atomic E-state index is 12.2. The summed E-state index contributed by atoms with van der Waals surface area (Å²) in [5.74, 6) is -0.141. The number of nitrogens with zero attached hydrogens (tertiary/aromatic N) is 1. The lowest BCUT2D eigenvalue weighted by Crippen LogP contribution is -2.23. The Bertz CT molecular complexity index is 718. The van der Waals surface area contributed by atoms with Gasteiger partial charge in [0.2, 0.25) is 0 Å². The maximum Gasteiger partial charge on any atom is 0.270 e. The van der Waals surface area contributed by atoms with Gasteiger partial charge in [0.15, 0.2) is 0 Å². The molecule has 1 N–H and O–H groups in total. The molecule has 114 valence electrons. The van der Waals surface area contributed by atoms with Gasteiger partial charge in [0.05, 0.1) is 17.6 Å². The number of nitro groups is 1. The highest BCUT2D eigenvalue weighted by atomic mass is 79.9. The van der Waals surface area contributed by atoms with Crippen molar-refractivity contribution in [3.63, 3.8) is 0 Å². The Hall–Kier alpha value is -2.41. The van der Waals surface area contributed by atoms with E-state index in [4.69, 9.17) is 4.74 Å². The van der Waals surface area contributed by atoms with Crippen molar-refractivity contribution in [3.05, 3.63) is 68.2 Å². The van der Waals surface area contributed by atoms with Gasteiger partial charge in [-0.25, -0.2) is 0 Å². The molecule has 0 aliphatic carbocycles. The van der Waals surface area contributed by atoms with E-state index in [1.807, 2.05) is 24.3 Å². The van der Waals surface area contributed by atoms with Gasteiger partial charge in [-0.15, -0.1) is 0 Å². The van der Waals surface area contributed by atoms with E-state index in [0.29, 0.717) is 6.54 Å². The molecule has 0 aromatic heterocycles. The number of ether oxygens (including phenoxy) is 1. The zero-order chi connectivity index (χ0) is 16.1. The second-order valence-corrected chi connectivity index (χ2v) is 5.37. The Morgan fingerprint density at radius 3 is 2.73 bits per heavy atom. The Morgan fingerprint density at radius 1 is 1.32 bits per heavy atom. The van der Waals surface area contributed by atoms with E-state index in [-0.39, 0.29) is 17.0 Å². The molecule has 2 rings (SSSR count). The number of methoxy groups -OCH3 is 1. The third-order valence-corrected chi connectivity index (χ3v) is 3.47. The molecule has 0 fully saturated rings. The van der Waals surface area contributed by atoms with E-state index >= 15 is 0 Å². The van der Waals surface area contributed by atoms with Gasteiger partial charge in [-0.3, -0.25) is 14.9 Å². The molecule has 0 saturated heterocycles. The van der Waals surface area contributed by atoms with Crippen molar-refractivity contribution in [3.8, 4) is 5.75 Å². The van der Waals surface area contributed by atoms with E-state index in [0.717, 1.165) is 10.0 Å². The highest BCUT2D eigenvalue weighted by molar-refractivity contribution is 9.10. The molecule has 2 aromatic rings. The molecule has 0 heterocycles. The van der Waals surface area contributed by atoms with Crippen LogP contribution in [-0.4, -0.2) is 17.9 Å². The minimum Gasteiger partial charge on any atom is -0.496 e. The average Bonchev–Trinajstić information content (AvgIpc) is 2.52. The molecule has 0 bridgehead atoms. The van der Waals surface area contributed by atoms with Crippen LogP contribution in [0.2, 0.25) is 0 Å². The van der Waals surface area contributed by atoms with Gasteiger partial charge in [0.1, 0.15) is 5.75 Å². The molecule has 0 spiro atoms. The van der Waals surface area contributed by atoms with Crippen molar-refractivity contribution >= 4 is 27.5 Å². The van der Waals surface area contributed by atoms with Gasteiger partial charge in [0, 0.05) is 23.2 Å². The SMILES string of the molecule is COc1ccc([N+](=O)[O-])cc1C(=O)NCc1cccc(Br)c1. The summed E-state index contributed by atoms with van der Waals surface area (Å²) in [4.78, 5) is 22.5. The Labute approximate surface area is 135 Å². The second kappa shape index (κ2) is 7.04. The van der Waals surface area contributed by atoms with Crippen molar-refractivity contribution in [2.24, 2.45) is 0 Å². The minimum atomic E-state index is -0.551. The first-order valence-corrected chi connectivity index (χ1v) is 7.15. The van der Waals surface area contributed by atoms with Crippen LogP contribution in [0.25, 0.3) is 0 Å². The summed E-state index contributed by atoms with van der Waals surface area (Å²) in [5.41, 5.74) is 0.882. The lowest BCUT2D eigenvalue weighted by molar-refractivity contribution is -0.384. The largest absolute Gasteiger partial charge is 0.496 e. The molecule has 2 aromatic carbocycles. The molecular weight excluding hydrogens is 352 g/mol. The van der Waals surface area contributed by atoms with Crippen LogP contribution in [0.1, 0.15) is 15.9 Å². The summed E-state index contributed by atoms with van der Waals surface area (Å²) in [6.07, 6.45) is 0. The van der Waals surface area contributed by atoms with Crippen molar-refractivity contribution in [1.82, 2.24) is 5.32 Å². The molecule has 1 amide bonds. The molecular formula is C15H13BrN2O4.